The monoisotopic (exact) mass is 319 g/mol. The lowest BCUT2D eigenvalue weighted by Crippen LogP contribution is -2.18. The van der Waals surface area contributed by atoms with Crippen molar-refractivity contribution in [2.45, 2.75) is 19.8 Å². The highest BCUT2D eigenvalue weighted by Gasteiger charge is 2.15. The molecule has 0 unspecified atom stereocenters. The molecule has 1 aromatic heterocycles. The van der Waals surface area contributed by atoms with E-state index in [1.807, 2.05) is 0 Å². The fraction of sp³-hybridized carbons (Fsp3) is 0.214. The van der Waals surface area contributed by atoms with E-state index in [-0.39, 0.29) is 24.4 Å². The molecule has 1 heterocycles. The van der Waals surface area contributed by atoms with Crippen LogP contribution in [-0.2, 0) is 11.2 Å². The molecule has 0 amide bonds. The Morgan fingerprint density at radius 2 is 2.04 bits per heavy atom. The summed E-state index contributed by atoms with van der Waals surface area (Å²) in [5.74, 6) is -1.77. The molecule has 0 spiro atoms. The van der Waals surface area contributed by atoms with Gasteiger partial charge in [-0.05, 0) is 5.56 Å². The number of hydrogen-bond acceptors (Lipinski definition) is 7. The SMILES string of the molecule is CCC(=O)Oc1c(O)nc(Cc2ccc([N+](=O)[O-])cc2)[nH]c1=O. The van der Waals surface area contributed by atoms with E-state index >= 15 is 0 Å². The Morgan fingerprint density at radius 3 is 2.57 bits per heavy atom. The first-order chi connectivity index (χ1) is 10.9. The van der Waals surface area contributed by atoms with Gasteiger partial charge >= 0.3 is 5.97 Å². The number of hydrogen-bond donors (Lipinski definition) is 2. The Kier molecular flexibility index (Phi) is 4.69. The zero-order valence-corrected chi connectivity index (χ0v) is 12.1. The number of nitrogens with zero attached hydrogens (tertiary/aromatic N) is 2. The fourth-order valence-corrected chi connectivity index (χ4v) is 1.79. The third kappa shape index (κ3) is 3.90. The van der Waals surface area contributed by atoms with Gasteiger partial charge in [0.1, 0.15) is 5.82 Å². The largest absolute Gasteiger partial charge is 0.490 e. The number of ether oxygens (including phenoxy) is 1. The first-order valence-corrected chi connectivity index (χ1v) is 6.67. The Hall–Kier alpha value is -3.23. The first kappa shape index (κ1) is 16.1. The van der Waals surface area contributed by atoms with Crippen LogP contribution in [0.4, 0.5) is 5.69 Å². The second-order valence-corrected chi connectivity index (χ2v) is 4.59. The van der Waals surface area contributed by atoms with Gasteiger partial charge < -0.3 is 14.8 Å². The highest BCUT2D eigenvalue weighted by atomic mass is 16.6. The lowest BCUT2D eigenvalue weighted by molar-refractivity contribution is -0.384. The minimum absolute atomic E-state index is 0.0451. The van der Waals surface area contributed by atoms with Crippen LogP contribution in [-0.4, -0.2) is 26.0 Å². The summed E-state index contributed by atoms with van der Waals surface area (Å²) in [5.41, 5.74) is -0.187. The summed E-state index contributed by atoms with van der Waals surface area (Å²) < 4.78 is 4.70. The number of rotatable bonds is 5. The molecular weight excluding hydrogens is 306 g/mol. The average molecular weight is 319 g/mol. The molecule has 0 aliphatic heterocycles. The smallest absolute Gasteiger partial charge is 0.311 e. The van der Waals surface area contributed by atoms with Crippen molar-refractivity contribution in [1.82, 2.24) is 9.97 Å². The molecule has 120 valence electrons. The van der Waals surface area contributed by atoms with Crippen LogP contribution in [0.25, 0.3) is 0 Å². The van der Waals surface area contributed by atoms with Gasteiger partial charge in [-0.2, -0.15) is 4.98 Å². The Balaban J connectivity index is 2.22. The van der Waals surface area contributed by atoms with Gasteiger partial charge in [-0.25, -0.2) is 0 Å². The number of H-pyrrole nitrogens is 1. The summed E-state index contributed by atoms with van der Waals surface area (Å²) in [6.07, 6.45) is 0.187. The maximum Gasteiger partial charge on any atom is 0.311 e. The summed E-state index contributed by atoms with van der Waals surface area (Å²) in [7, 11) is 0. The molecule has 2 rings (SSSR count). The van der Waals surface area contributed by atoms with Gasteiger partial charge in [-0.1, -0.05) is 19.1 Å². The van der Waals surface area contributed by atoms with Crippen LogP contribution in [0.3, 0.4) is 0 Å². The number of benzene rings is 1. The summed E-state index contributed by atoms with van der Waals surface area (Å²) in [4.78, 5) is 39.2. The minimum Gasteiger partial charge on any atom is -0.490 e. The first-order valence-electron chi connectivity index (χ1n) is 6.67. The zero-order chi connectivity index (χ0) is 17.0. The Morgan fingerprint density at radius 1 is 1.39 bits per heavy atom. The summed E-state index contributed by atoms with van der Waals surface area (Å²) in [5, 5.41) is 20.3. The molecule has 0 aliphatic carbocycles. The van der Waals surface area contributed by atoms with E-state index in [4.69, 9.17) is 4.74 Å². The van der Waals surface area contributed by atoms with E-state index in [9.17, 15) is 24.8 Å². The van der Waals surface area contributed by atoms with Crippen molar-refractivity contribution in [3.63, 3.8) is 0 Å². The van der Waals surface area contributed by atoms with Gasteiger partial charge in [0.2, 0.25) is 0 Å². The molecule has 0 radical (unpaired) electrons. The molecular formula is C14H13N3O6. The number of nitrogens with one attached hydrogen (secondary N) is 1. The van der Waals surface area contributed by atoms with Crippen LogP contribution >= 0.6 is 0 Å². The standard InChI is InChI=1S/C14H13N3O6/c1-2-11(18)23-12-13(19)15-10(16-14(12)20)7-8-3-5-9(6-4-8)17(21)22/h3-6H,2,7H2,1H3,(H2,15,16,19,20). The second kappa shape index (κ2) is 6.69. The Bertz CT molecular complexity index is 797. The van der Waals surface area contributed by atoms with Gasteiger partial charge in [0.25, 0.3) is 22.9 Å². The lowest BCUT2D eigenvalue weighted by atomic mass is 10.1. The highest BCUT2D eigenvalue weighted by Crippen LogP contribution is 2.19. The zero-order valence-electron chi connectivity index (χ0n) is 12.1. The van der Waals surface area contributed by atoms with Crippen molar-refractivity contribution in [3.05, 3.63) is 56.1 Å². The number of esters is 1. The number of carbonyl (C=O) groups is 1. The molecule has 0 saturated carbocycles. The number of nitro groups is 1. The van der Waals surface area contributed by atoms with Gasteiger partial charge in [0.15, 0.2) is 0 Å². The lowest BCUT2D eigenvalue weighted by Gasteiger charge is -2.06. The van der Waals surface area contributed by atoms with Crippen molar-refractivity contribution in [1.29, 1.82) is 0 Å². The van der Waals surface area contributed by atoms with Crippen molar-refractivity contribution in [2.24, 2.45) is 0 Å². The van der Waals surface area contributed by atoms with E-state index in [0.717, 1.165) is 0 Å². The van der Waals surface area contributed by atoms with Crippen molar-refractivity contribution in [3.8, 4) is 11.6 Å². The second-order valence-electron chi connectivity index (χ2n) is 4.59. The van der Waals surface area contributed by atoms with E-state index in [2.05, 4.69) is 9.97 Å². The molecule has 2 aromatic rings. The van der Waals surface area contributed by atoms with E-state index < -0.39 is 28.1 Å². The van der Waals surface area contributed by atoms with Crippen LogP contribution < -0.4 is 10.3 Å². The Labute approximate surface area is 129 Å². The minimum atomic E-state index is -0.781. The maximum atomic E-state index is 11.8. The topological polar surface area (TPSA) is 135 Å². The third-order valence-corrected chi connectivity index (χ3v) is 2.93. The molecule has 0 saturated heterocycles. The summed E-state index contributed by atoms with van der Waals surface area (Å²) >= 11 is 0. The third-order valence-electron chi connectivity index (χ3n) is 2.93. The van der Waals surface area contributed by atoms with E-state index in [1.165, 1.54) is 24.3 Å². The van der Waals surface area contributed by atoms with Crippen LogP contribution in [0.2, 0.25) is 0 Å². The maximum absolute atomic E-state index is 11.8. The number of nitro benzene ring substituents is 1. The number of aromatic nitrogens is 2. The highest BCUT2D eigenvalue weighted by molar-refractivity contribution is 5.72. The number of carbonyl (C=O) groups excluding carboxylic acids is 1. The molecule has 23 heavy (non-hydrogen) atoms. The number of non-ortho nitro benzene ring substituents is 1. The molecule has 1 aromatic carbocycles. The van der Waals surface area contributed by atoms with Gasteiger partial charge in [0.05, 0.1) is 4.92 Å². The molecule has 0 bridgehead atoms. The molecule has 9 heteroatoms. The van der Waals surface area contributed by atoms with Crippen LogP contribution in [0.5, 0.6) is 11.6 Å². The molecule has 0 fully saturated rings. The number of aromatic hydroxyl groups is 1. The van der Waals surface area contributed by atoms with Crippen LogP contribution in [0, 0.1) is 10.1 Å². The average Bonchev–Trinajstić information content (AvgIpc) is 2.51. The van der Waals surface area contributed by atoms with Crippen molar-refractivity contribution >= 4 is 11.7 Å². The predicted molar refractivity (Wildman–Crippen MR) is 78.4 cm³/mol. The normalized spacial score (nSPS) is 10.3. The van der Waals surface area contributed by atoms with E-state index in [1.54, 1.807) is 6.92 Å². The van der Waals surface area contributed by atoms with Crippen LogP contribution in [0.1, 0.15) is 24.7 Å². The van der Waals surface area contributed by atoms with Crippen LogP contribution in [0.15, 0.2) is 29.1 Å². The van der Waals surface area contributed by atoms with Gasteiger partial charge in [-0.3, -0.25) is 19.7 Å². The summed E-state index contributed by atoms with van der Waals surface area (Å²) in [6.45, 7) is 1.55. The van der Waals surface area contributed by atoms with Gasteiger partial charge in [0, 0.05) is 25.0 Å². The summed E-state index contributed by atoms with van der Waals surface area (Å²) in [6, 6.07) is 5.68. The van der Waals surface area contributed by atoms with E-state index in [0.29, 0.717) is 5.56 Å². The molecule has 9 nitrogen and oxygen atoms in total. The predicted octanol–water partition coefficient (Wildman–Crippen LogP) is 1.29. The van der Waals surface area contributed by atoms with Crippen molar-refractivity contribution in [2.75, 3.05) is 0 Å². The fourth-order valence-electron chi connectivity index (χ4n) is 1.79. The molecule has 0 atom stereocenters. The quantitative estimate of drug-likeness (QED) is 0.481. The molecule has 2 N–H and O–H groups in total. The molecule has 0 aliphatic rings. The van der Waals surface area contributed by atoms with Gasteiger partial charge in [-0.15, -0.1) is 0 Å². The number of aromatic amines is 1. The van der Waals surface area contributed by atoms with Crippen molar-refractivity contribution < 1.29 is 19.6 Å².